The van der Waals surface area contributed by atoms with Crippen molar-refractivity contribution in [1.82, 2.24) is 5.32 Å². The van der Waals surface area contributed by atoms with Gasteiger partial charge in [0, 0.05) is 10.5 Å². The lowest BCUT2D eigenvalue weighted by atomic mass is 10.1. The van der Waals surface area contributed by atoms with Crippen molar-refractivity contribution >= 4 is 29.3 Å². The molecule has 118 valence electrons. The van der Waals surface area contributed by atoms with Crippen LogP contribution in [-0.2, 0) is 4.79 Å². The van der Waals surface area contributed by atoms with Crippen LogP contribution in [0, 0.1) is 6.92 Å². The number of hydrogen-bond donors (Lipinski definition) is 2. The van der Waals surface area contributed by atoms with Gasteiger partial charge in [0.15, 0.2) is 0 Å². The van der Waals surface area contributed by atoms with Crippen molar-refractivity contribution in [2.24, 2.45) is 0 Å². The van der Waals surface area contributed by atoms with E-state index in [1.807, 2.05) is 44.2 Å². The zero-order valence-corrected chi connectivity index (χ0v) is 13.9. The standard InChI is InChI=1S/C18H18N2O2S/c1-11-3-5-13(6-4-11)12(2)19-18(22)14-7-8-16-15(9-14)20-17(21)10-23-16/h3-9,12H,10H2,1-2H3,(H,19,22)(H,20,21). The van der Waals surface area contributed by atoms with Gasteiger partial charge < -0.3 is 10.6 Å². The molecule has 1 atom stereocenters. The Hall–Kier alpha value is -2.27. The number of nitrogens with one attached hydrogen (secondary N) is 2. The molecular weight excluding hydrogens is 308 g/mol. The predicted molar refractivity (Wildman–Crippen MR) is 92.9 cm³/mol. The highest BCUT2D eigenvalue weighted by atomic mass is 32.2. The molecule has 0 saturated heterocycles. The number of aryl methyl sites for hydroxylation is 1. The topological polar surface area (TPSA) is 58.2 Å². The van der Waals surface area contributed by atoms with Crippen LogP contribution in [0.3, 0.4) is 0 Å². The lowest BCUT2D eigenvalue weighted by molar-refractivity contribution is -0.113. The van der Waals surface area contributed by atoms with E-state index in [1.54, 1.807) is 12.1 Å². The molecule has 5 heteroatoms. The van der Waals surface area contributed by atoms with Crippen LogP contribution in [0.1, 0.15) is 34.5 Å². The lowest BCUT2D eigenvalue weighted by Crippen LogP contribution is -2.27. The molecule has 0 aromatic heterocycles. The maximum Gasteiger partial charge on any atom is 0.251 e. The second-order valence-corrected chi connectivity index (χ2v) is 6.67. The van der Waals surface area contributed by atoms with Gasteiger partial charge in [0.1, 0.15) is 0 Å². The van der Waals surface area contributed by atoms with Gasteiger partial charge >= 0.3 is 0 Å². The minimum atomic E-state index is -0.148. The Balaban J connectivity index is 1.74. The van der Waals surface area contributed by atoms with E-state index in [9.17, 15) is 9.59 Å². The van der Waals surface area contributed by atoms with Gasteiger partial charge in [-0.25, -0.2) is 0 Å². The van der Waals surface area contributed by atoms with E-state index >= 15 is 0 Å². The molecule has 2 N–H and O–H groups in total. The summed E-state index contributed by atoms with van der Waals surface area (Å²) < 4.78 is 0. The van der Waals surface area contributed by atoms with Crippen molar-refractivity contribution in [3.05, 3.63) is 59.2 Å². The van der Waals surface area contributed by atoms with E-state index < -0.39 is 0 Å². The summed E-state index contributed by atoms with van der Waals surface area (Å²) in [6, 6.07) is 13.4. The van der Waals surface area contributed by atoms with Crippen molar-refractivity contribution in [1.29, 1.82) is 0 Å². The molecule has 2 aromatic rings. The van der Waals surface area contributed by atoms with E-state index in [0.29, 0.717) is 17.0 Å². The molecule has 1 heterocycles. The summed E-state index contributed by atoms with van der Waals surface area (Å²) >= 11 is 1.49. The van der Waals surface area contributed by atoms with Crippen LogP contribution in [0.15, 0.2) is 47.4 Å². The van der Waals surface area contributed by atoms with Crippen molar-refractivity contribution < 1.29 is 9.59 Å². The molecule has 4 nitrogen and oxygen atoms in total. The number of fused-ring (bicyclic) bond motifs is 1. The monoisotopic (exact) mass is 326 g/mol. The molecule has 0 fully saturated rings. The predicted octanol–water partition coefficient (Wildman–Crippen LogP) is 3.53. The van der Waals surface area contributed by atoms with Gasteiger partial charge in [0.25, 0.3) is 5.91 Å². The highest BCUT2D eigenvalue weighted by Gasteiger charge is 2.18. The lowest BCUT2D eigenvalue weighted by Gasteiger charge is -2.18. The van der Waals surface area contributed by atoms with E-state index in [-0.39, 0.29) is 17.9 Å². The van der Waals surface area contributed by atoms with Crippen LogP contribution in [-0.4, -0.2) is 17.6 Å². The second-order valence-electron chi connectivity index (χ2n) is 5.65. The summed E-state index contributed by atoms with van der Waals surface area (Å²) in [5, 5.41) is 5.80. The number of hydrogen-bond acceptors (Lipinski definition) is 3. The Kier molecular flexibility index (Phi) is 4.39. The van der Waals surface area contributed by atoms with Crippen LogP contribution < -0.4 is 10.6 Å². The second kappa shape index (κ2) is 6.46. The number of carbonyl (C=O) groups is 2. The van der Waals surface area contributed by atoms with Crippen LogP contribution in [0.5, 0.6) is 0 Å². The first-order chi connectivity index (χ1) is 11.0. The first-order valence-corrected chi connectivity index (χ1v) is 8.45. The van der Waals surface area contributed by atoms with Gasteiger partial charge in [0.2, 0.25) is 5.91 Å². The molecule has 3 rings (SSSR count). The molecule has 0 aliphatic carbocycles. The van der Waals surface area contributed by atoms with Gasteiger partial charge in [0.05, 0.1) is 17.5 Å². The quantitative estimate of drug-likeness (QED) is 0.907. The third kappa shape index (κ3) is 3.56. The summed E-state index contributed by atoms with van der Waals surface area (Å²) in [5.74, 6) is 0.238. The molecular formula is C18H18N2O2S. The Morgan fingerprint density at radius 3 is 2.70 bits per heavy atom. The Labute approximate surface area is 139 Å². The Morgan fingerprint density at radius 1 is 1.22 bits per heavy atom. The highest BCUT2D eigenvalue weighted by Crippen LogP contribution is 2.32. The average molecular weight is 326 g/mol. The van der Waals surface area contributed by atoms with E-state index in [0.717, 1.165) is 10.5 Å². The van der Waals surface area contributed by atoms with Crippen molar-refractivity contribution in [2.45, 2.75) is 24.8 Å². The van der Waals surface area contributed by atoms with Gasteiger partial charge in [-0.3, -0.25) is 9.59 Å². The summed E-state index contributed by atoms with van der Waals surface area (Å²) in [6.45, 7) is 3.99. The van der Waals surface area contributed by atoms with Crippen molar-refractivity contribution in [2.75, 3.05) is 11.1 Å². The fraction of sp³-hybridized carbons (Fsp3) is 0.222. The van der Waals surface area contributed by atoms with E-state index in [1.165, 1.54) is 17.3 Å². The van der Waals surface area contributed by atoms with Crippen LogP contribution in [0.25, 0.3) is 0 Å². The van der Waals surface area contributed by atoms with Crippen molar-refractivity contribution in [3.63, 3.8) is 0 Å². The van der Waals surface area contributed by atoms with Gasteiger partial charge in [-0.15, -0.1) is 11.8 Å². The highest BCUT2D eigenvalue weighted by molar-refractivity contribution is 8.00. The number of carbonyl (C=O) groups excluding carboxylic acids is 2. The minimum absolute atomic E-state index is 0.0342. The molecule has 0 spiro atoms. The summed E-state index contributed by atoms with van der Waals surface area (Å²) in [4.78, 5) is 24.9. The molecule has 0 saturated carbocycles. The number of anilines is 1. The van der Waals surface area contributed by atoms with E-state index in [4.69, 9.17) is 0 Å². The first kappa shape index (κ1) is 15.6. The number of rotatable bonds is 3. The number of thioether (sulfide) groups is 1. The largest absolute Gasteiger partial charge is 0.346 e. The van der Waals surface area contributed by atoms with Gasteiger partial charge in [-0.2, -0.15) is 0 Å². The van der Waals surface area contributed by atoms with E-state index in [2.05, 4.69) is 10.6 Å². The zero-order valence-electron chi connectivity index (χ0n) is 13.1. The molecule has 1 aliphatic heterocycles. The fourth-order valence-electron chi connectivity index (χ4n) is 2.44. The molecule has 0 radical (unpaired) electrons. The first-order valence-electron chi connectivity index (χ1n) is 7.47. The average Bonchev–Trinajstić information content (AvgIpc) is 2.54. The van der Waals surface area contributed by atoms with Crippen molar-refractivity contribution in [3.8, 4) is 0 Å². The molecule has 1 unspecified atom stereocenters. The Morgan fingerprint density at radius 2 is 1.96 bits per heavy atom. The van der Waals surface area contributed by atoms with Crippen LogP contribution in [0.2, 0.25) is 0 Å². The van der Waals surface area contributed by atoms with Crippen LogP contribution in [0.4, 0.5) is 5.69 Å². The van der Waals surface area contributed by atoms with Gasteiger partial charge in [-0.1, -0.05) is 29.8 Å². The minimum Gasteiger partial charge on any atom is -0.346 e. The summed E-state index contributed by atoms with van der Waals surface area (Å²) in [6.07, 6.45) is 0. The fourth-order valence-corrected chi connectivity index (χ4v) is 3.23. The molecule has 1 aliphatic rings. The number of benzene rings is 2. The maximum absolute atomic E-state index is 12.4. The maximum atomic E-state index is 12.4. The number of amides is 2. The molecule has 2 amide bonds. The zero-order chi connectivity index (χ0) is 16.4. The SMILES string of the molecule is Cc1ccc(C(C)NC(=O)c2ccc3c(c2)NC(=O)CS3)cc1. The van der Waals surface area contributed by atoms with Gasteiger partial charge in [-0.05, 0) is 37.6 Å². The molecule has 2 aromatic carbocycles. The van der Waals surface area contributed by atoms with Crippen LogP contribution >= 0.6 is 11.8 Å². The molecule has 23 heavy (non-hydrogen) atoms. The smallest absolute Gasteiger partial charge is 0.251 e. The summed E-state index contributed by atoms with van der Waals surface area (Å²) in [7, 11) is 0. The molecule has 0 bridgehead atoms. The normalized spacial score (nSPS) is 14.6. The summed E-state index contributed by atoms with van der Waals surface area (Å²) in [5.41, 5.74) is 3.51. The third-order valence-corrected chi connectivity index (χ3v) is 4.87. The Bertz CT molecular complexity index is 756. The third-order valence-electron chi connectivity index (χ3n) is 3.80.